The number of halogens is 1. The highest BCUT2D eigenvalue weighted by atomic mass is 127. The van der Waals surface area contributed by atoms with Crippen LogP contribution in [0.1, 0.15) is 25.0 Å². The minimum atomic E-state index is 0.0599. The Morgan fingerprint density at radius 1 is 1.31 bits per heavy atom. The Balaban J connectivity index is 2.75. The standard InChI is InChI=1S/C15H15I/c1-4-8-13-11(5-2)12-9-6-7-10-14(12)15(13,3)16/h4-10H,1H2,2-3H3/b11-5-,13-8+. The summed E-state index contributed by atoms with van der Waals surface area (Å²) in [6.07, 6.45) is 6.20. The third kappa shape index (κ3) is 1.58. The summed E-state index contributed by atoms with van der Waals surface area (Å²) < 4.78 is 0.0599. The van der Waals surface area contributed by atoms with Crippen LogP contribution in [0.4, 0.5) is 0 Å². The number of fused-ring (bicyclic) bond motifs is 1. The second-order valence-corrected chi connectivity index (χ2v) is 6.22. The number of allylic oxidation sites excluding steroid dienone is 5. The smallest absolute Gasteiger partial charge is 0.0702 e. The highest BCUT2D eigenvalue weighted by Crippen LogP contribution is 2.53. The van der Waals surface area contributed by atoms with E-state index in [0.29, 0.717) is 0 Å². The quantitative estimate of drug-likeness (QED) is 0.511. The highest BCUT2D eigenvalue weighted by molar-refractivity contribution is 14.1. The Morgan fingerprint density at radius 2 is 2.00 bits per heavy atom. The molecule has 0 heterocycles. The summed E-state index contributed by atoms with van der Waals surface area (Å²) in [4.78, 5) is 0. The zero-order valence-electron chi connectivity index (χ0n) is 9.63. The van der Waals surface area contributed by atoms with Crippen LogP contribution in [0, 0.1) is 0 Å². The monoisotopic (exact) mass is 322 g/mol. The molecule has 1 unspecified atom stereocenters. The van der Waals surface area contributed by atoms with Crippen molar-refractivity contribution in [3.63, 3.8) is 0 Å². The predicted molar refractivity (Wildman–Crippen MR) is 79.7 cm³/mol. The van der Waals surface area contributed by atoms with E-state index in [0.717, 1.165) is 0 Å². The normalized spacial score (nSPS) is 28.4. The largest absolute Gasteiger partial charge is 0.0991 e. The predicted octanol–water partition coefficient (Wildman–Crippen LogP) is 4.87. The summed E-state index contributed by atoms with van der Waals surface area (Å²) >= 11 is 2.52. The lowest BCUT2D eigenvalue weighted by Gasteiger charge is -2.19. The van der Waals surface area contributed by atoms with Gasteiger partial charge in [-0.15, -0.1) is 0 Å². The third-order valence-corrected chi connectivity index (χ3v) is 4.25. The van der Waals surface area contributed by atoms with E-state index in [1.165, 1.54) is 22.3 Å². The van der Waals surface area contributed by atoms with Crippen LogP contribution in [0.15, 0.2) is 54.6 Å². The van der Waals surface area contributed by atoms with E-state index < -0.39 is 0 Å². The van der Waals surface area contributed by atoms with E-state index in [4.69, 9.17) is 0 Å². The van der Waals surface area contributed by atoms with E-state index in [9.17, 15) is 0 Å². The van der Waals surface area contributed by atoms with Crippen LogP contribution in [-0.4, -0.2) is 0 Å². The average Bonchev–Trinajstić information content (AvgIpc) is 2.49. The molecule has 82 valence electrons. The molecule has 0 saturated carbocycles. The number of benzene rings is 1. The Labute approximate surface area is 111 Å². The van der Waals surface area contributed by atoms with Crippen LogP contribution in [0.5, 0.6) is 0 Å². The van der Waals surface area contributed by atoms with E-state index in [1.54, 1.807) is 0 Å². The molecule has 0 nitrogen and oxygen atoms in total. The topological polar surface area (TPSA) is 0 Å². The van der Waals surface area contributed by atoms with Gasteiger partial charge in [0.1, 0.15) is 0 Å². The molecular weight excluding hydrogens is 307 g/mol. The first-order valence-electron chi connectivity index (χ1n) is 5.41. The Kier molecular flexibility index (Phi) is 3.06. The Morgan fingerprint density at radius 3 is 2.62 bits per heavy atom. The fraction of sp³-hybridized carbons (Fsp3) is 0.200. The zero-order chi connectivity index (χ0) is 11.8. The van der Waals surface area contributed by atoms with Crippen molar-refractivity contribution in [3.8, 4) is 0 Å². The Bertz CT molecular complexity index is 490. The summed E-state index contributed by atoms with van der Waals surface area (Å²) in [5.41, 5.74) is 5.45. The lowest BCUT2D eigenvalue weighted by molar-refractivity contribution is 0.917. The maximum atomic E-state index is 3.81. The molecule has 0 aliphatic heterocycles. The van der Waals surface area contributed by atoms with Crippen molar-refractivity contribution >= 4 is 28.2 Å². The SMILES string of the molecule is C=C/C=C1\C(=C/C)c2ccccc2C1(C)I. The van der Waals surface area contributed by atoms with Gasteiger partial charge >= 0.3 is 0 Å². The third-order valence-electron chi connectivity index (χ3n) is 3.09. The van der Waals surface area contributed by atoms with Gasteiger partial charge in [0.2, 0.25) is 0 Å². The first-order valence-corrected chi connectivity index (χ1v) is 6.49. The van der Waals surface area contributed by atoms with E-state index in [-0.39, 0.29) is 3.42 Å². The van der Waals surface area contributed by atoms with Crippen LogP contribution < -0.4 is 0 Å². The molecule has 1 aliphatic carbocycles. The van der Waals surface area contributed by atoms with Gasteiger partial charge in [0.05, 0.1) is 3.42 Å². The van der Waals surface area contributed by atoms with Crippen molar-refractivity contribution in [2.24, 2.45) is 0 Å². The van der Waals surface area contributed by atoms with E-state index in [1.807, 2.05) is 6.08 Å². The van der Waals surface area contributed by atoms with Gasteiger partial charge in [-0.25, -0.2) is 0 Å². The second kappa shape index (κ2) is 4.21. The van der Waals surface area contributed by atoms with Gasteiger partial charge in [0.25, 0.3) is 0 Å². The molecule has 0 amide bonds. The number of hydrogen-bond donors (Lipinski definition) is 0. The van der Waals surface area contributed by atoms with E-state index >= 15 is 0 Å². The van der Waals surface area contributed by atoms with Crippen LogP contribution in [0.25, 0.3) is 5.57 Å². The van der Waals surface area contributed by atoms with Crippen molar-refractivity contribution in [1.82, 2.24) is 0 Å². The lowest BCUT2D eigenvalue weighted by atomic mass is 9.98. The highest BCUT2D eigenvalue weighted by Gasteiger charge is 2.38. The Hall–Kier alpha value is -0.830. The summed E-state index contributed by atoms with van der Waals surface area (Å²) in [6.45, 7) is 8.17. The lowest BCUT2D eigenvalue weighted by Crippen LogP contribution is -2.10. The maximum Gasteiger partial charge on any atom is 0.0702 e. The minimum absolute atomic E-state index is 0.0599. The molecule has 1 heteroatoms. The van der Waals surface area contributed by atoms with Crippen molar-refractivity contribution in [2.75, 3.05) is 0 Å². The summed E-state index contributed by atoms with van der Waals surface area (Å²) in [7, 11) is 0. The molecule has 0 saturated heterocycles. The molecule has 1 aromatic rings. The van der Waals surface area contributed by atoms with Crippen molar-refractivity contribution in [3.05, 3.63) is 65.8 Å². The van der Waals surface area contributed by atoms with Gasteiger partial charge in [0.15, 0.2) is 0 Å². The van der Waals surface area contributed by atoms with Crippen LogP contribution in [0.2, 0.25) is 0 Å². The van der Waals surface area contributed by atoms with Gasteiger partial charge < -0.3 is 0 Å². The molecule has 16 heavy (non-hydrogen) atoms. The molecule has 0 fully saturated rings. The molecule has 1 atom stereocenters. The van der Waals surface area contributed by atoms with Gasteiger partial charge in [-0.05, 0) is 36.1 Å². The molecule has 0 radical (unpaired) electrons. The van der Waals surface area contributed by atoms with Crippen LogP contribution >= 0.6 is 22.6 Å². The van der Waals surface area contributed by atoms with Gasteiger partial charge in [-0.1, -0.05) is 71.7 Å². The summed E-state index contributed by atoms with van der Waals surface area (Å²) in [5.74, 6) is 0. The molecule has 1 aromatic carbocycles. The molecule has 0 aromatic heterocycles. The fourth-order valence-electron chi connectivity index (χ4n) is 2.35. The van der Waals surface area contributed by atoms with Crippen molar-refractivity contribution in [1.29, 1.82) is 0 Å². The van der Waals surface area contributed by atoms with Gasteiger partial charge in [-0.3, -0.25) is 0 Å². The average molecular weight is 322 g/mol. The summed E-state index contributed by atoms with van der Waals surface area (Å²) in [5, 5.41) is 0. The first kappa shape index (κ1) is 11.6. The fourth-order valence-corrected chi connectivity index (χ4v) is 3.29. The van der Waals surface area contributed by atoms with Crippen molar-refractivity contribution < 1.29 is 0 Å². The summed E-state index contributed by atoms with van der Waals surface area (Å²) in [6, 6.07) is 8.63. The zero-order valence-corrected chi connectivity index (χ0v) is 11.8. The molecule has 2 rings (SSSR count). The number of alkyl halides is 1. The first-order chi connectivity index (χ1) is 7.62. The number of rotatable bonds is 1. The van der Waals surface area contributed by atoms with Gasteiger partial charge in [-0.2, -0.15) is 0 Å². The molecule has 1 aliphatic rings. The van der Waals surface area contributed by atoms with Gasteiger partial charge in [0, 0.05) is 0 Å². The van der Waals surface area contributed by atoms with Crippen LogP contribution in [-0.2, 0) is 3.42 Å². The second-order valence-electron chi connectivity index (χ2n) is 4.07. The molecular formula is C15H15I. The molecule has 0 spiro atoms. The number of hydrogen-bond acceptors (Lipinski definition) is 0. The molecule has 0 bridgehead atoms. The van der Waals surface area contributed by atoms with Crippen LogP contribution in [0.3, 0.4) is 0 Å². The van der Waals surface area contributed by atoms with Crippen molar-refractivity contribution in [2.45, 2.75) is 17.3 Å². The maximum absolute atomic E-state index is 3.81. The van der Waals surface area contributed by atoms with E-state index in [2.05, 4.69) is 79.4 Å². The molecule has 0 N–H and O–H groups in total. The minimum Gasteiger partial charge on any atom is -0.0991 e.